The maximum absolute atomic E-state index is 5.79. The lowest BCUT2D eigenvalue weighted by Crippen LogP contribution is -2.53. The summed E-state index contributed by atoms with van der Waals surface area (Å²) in [5.41, 5.74) is 2.73. The molecular weight excluding hydrogens is 274 g/mol. The minimum Gasteiger partial charge on any atom is -0.378 e. The van der Waals surface area contributed by atoms with Gasteiger partial charge in [0, 0.05) is 32.0 Å². The highest BCUT2D eigenvalue weighted by Gasteiger charge is 2.35. The van der Waals surface area contributed by atoms with Crippen LogP contribution in [0.15, 0.2) is 48.8 Å². The van der Waals surface area contributed by atoms with Gasteiger partial charge in [-0.25, -0.2) is 4.98 Å². The molecule has 0 radical (unpaired) electrons. The van der Waals surface area contributed by atoms with E-state index in [4.69, 9.17) is 4.74 Å². The van der Waals surface area contributed by atoms with Crippen LogP contribution in [0.2, 0.25) is 0 Å². The molecule has 0 N–H and O–H groups in total. The molecule has 2 unspecified atom stereocenters. The number of hydrogen-bond donors (Lipinski definition) is 0. The van der Waals surface area contributed by atoms with E-state index >= 15 is 0 Å². The van der Waals surface area contributed by atoms with Crippen molar-refractivity contribution >= 4 is 5.57 Å². The molecule has 4 nitrogen and oxygen atoms in total. The summed E-state index contributed by atoms with van der Waals surface area (Å²) < 4.78 is 7.89. The molecule has 2 aliphatic rings. The Morgan fingerprint density at radius 2 is 2.09 bits per heavy atom. The molecule has 2 aromatic rings. The Morgan fingerprint density at radius 3 is 2.82 bits per heavy atom. The molecule has 0 spiro atoms. The van der Waals surface area contributed by atoms with Gasteiger partial charge in [-0.3, -0.25) is 4.90 Å². The number of morpholine rings is 1. The zero-order valence-electron chi connectivity index (χ0n) is 12.9. The Kier molecular flexibility index (Phi) is 3.56. The predicted molar refractivity (Wildman–Crippen MR) is 86.2 cm³/mol. The van der Waals surface area contributed by atoms with Gasteiger partial charge in [0.15, 0.2) is 0 Å². The van der Waals surface area contributed by atoms with Gasteiger partial charge >= 0.3 is 0 Å². The number of imidazole rings is 1. The van der Waals surface area contributed by atoms with Crippen LogP contribution in [-0.4, -0.2) is 39.7 Å². The second-order valence-corrected chi connectivity index (χ2v) is 6.17. The Hall–Kier alpha value is -1.91. The number of hydrogen-bond acceptors (Lipinski definition) is 3. The van der Waals surface area contributed by atoms with Crippen LogP contribution in [0.3, 0.4) is 0 Å². The van der Waals surface area contributed by atoms with Gasteiger partial charge in [0.25, 0.3) is 0 Å². The standard InChI is InChI=1S/C18H21N3O/c1-20-8-7-19-18(20)15-9-16-12-22-13-17(10-15)21(16)11-14-5-3-2-4-6-14/h2-9,16-17H,10-13H2,1H3. The largest absolute Gasteiger partial charge is 0.378 e. The number of nitrogens with zero attached hydrogens (tertiary/aromatic N) is 3. The fourth-order valence-corrected chi connectivity index (χ4v) is 3.54. The molecule has 0 saturated carbocycles. The average molecular weight is 295 g/mol. The summed E-state index contributed by atoms with van der Waals surface area (Å²) in [5.74, 6) is 1.09. The molecular formula is C18H21N3O. The van der Waals surface area contributed by atoms with E-state index in [-0.39, 0.29) is 0 Å². The zero-order valence-corrected chi connectivity index (χ0v) is 12.9. The van der Waals surface area contributed by atoms with E-state index in [1.54, 1.807) is 0 Å². The number of rotatable bonds is 3. The first-order valence-corrected chi connectivity index (χ1v) is 7.87. The van der Waals surface area contributed by atoms with E-state index in [1.165, 1.54) is 11.1 Å². The van der Waals surface area contributed by atoms with Crippen LogP contribution in [0.25, 0.3) is 5.57 Å². The van der Waals surface area contributed by atoms with Crippen molar-refractivity contribution in [1.29, 1.82) is 0 Å². The fraction of sp³-hybridized carbons (Fsp3) is 0.389. The Labute approximate surface area is 131 Å². The molecule has 4 rings (SSSR count). The summed E-state index contributed by atoms with van der Waals surface area (Å²) in [4.78, 5) is 7.09. The molecule has 0 amide bonds. The summed E-state index contributed by atoms with van der Waals surface area (Å²) in [6.45, 7) is 2.58. The number of benzene rings is 1. The molecule has 1 saturated heterocycles. The molecule has 1 aromatic carbocycles. The summed E-state index contributed by atoms with van der Waals surface area (Å²) in [6.07, 6.45) is 7.24. The number of aryl methyl sites for hydroxylation is 1. The molecule has 2 atom stereocenters. The second kappa shape index (κ2) is 5.71. The lowest BCUT2D eigenvalue weighted by Gasteiger charge is -2.44. The molecule has 4 heteroatoms. The summed E-state index contributed by atoms with van der Waals surface area (Å²) >= 11 is 0. The van der Waals surface area contributed by atoms with Crippen molar-refractivity contribution in [1.82, 2.24) is 14.5 Å². The minimum atomic E-state index is 0.347. The highest BCUT2D eigenvalue weighted by atomic mass is 16.5. The lowest BCUT2D eigenvalue weighted by atomic mass is 9.93. The molecule has 2 aliphatic heterocycles. The maximum atomic E-state index is 5.79. The third-order valence-corrected chi connectivity index (χ3v) is 4.66. The summed E-state index contributed by atoms with van der Waals surface area (Å²) in [7, 11) is 2.06. The fourth-order valence-electron chi connectivity index (χ4n) is 3.54. The number of aromatic nitrogens is 2. The zero-order chi connectivity index (χ0) is 14.9. The third kappa shape index (κ3) is 2.49. The summed E-state index contributed by atoms with van der Waals surface area (Å²) in [6, 6.07) is 11.5. The van der Waals surface area contributed by atoms with E-state index in [1.807, 2.05) is 12.4 Å². The highest BCUT2D eigenvalue weighted by molar-refractivity contribution is 5.63. The van der Waals surface area contributed by atoms with Gasteiger partial charge in [-0.1, -0.05) is 36.4 Å². The molecule has 3 heterocycles. The molecule has 2 bridgehead atoms. The normalized spacial score (nSPS) is 25.0. The average Bonchev–Trinajstić information content (AvgIpc) is 2.94. The van der Waals surface area contributed by atoms with Crippen LogP contribution < -0.4 is 0 Å². The highest BCUT2D eigenvalue weighted by Crippen LogP contribution is 2.32. The van der Waals surface area contributed by atoms with Gasteiger partial charge in [-0.05, 0) is 17.6 Å². The van der Waals surface area contributed by atoms with Gasteiger partial charge < -0.3 is 9.30 Å². The van der Waals surface area contributed by atoms with Crippen molar-refractivity contribution in [2.75, 3.05) is 13.2 Å². The topological polar surface area (TPSA) is 30.3 Å². The van der Waals surface area contributed by atoms with Crippen LogP contribution in [0.1, 0.15) is 17.8 Å². The molecule has 1 aromatic heterocycles. The van der Waals surface area contributed by atoms with Crippen molar-refractivity contribution < 1.29 is 4.74 Å². The van der Waals surface area contributed by atoms with Gasteiger partial charge in [0.2, 0.25) is 0 Å². The quantitative estimate of drug-likeness (QED) is 0.871. The second-order valence-electron chi connectivity index (χ2n) is 6.17. The first-order valence-electron chi connectivity index (χ1n) is 7.87. The van der Waals surface area contributed by atoms with Crippen LogP contribution in [0, 0.1) is 0 Å². The van der Waals surface area contributed by atoms with Crippen molar-refractivity contribution in [2.24, 2.45) is 7.05 Å². The van der Waals surface area contributed by atoms with Crippen LogP contribution >= 0.6 is 0 Å². The van der Waals surface area contributed by atoms with Gasteiger partial charge in [-0.15, -0.1) is 0 Å². The van der Waals surface area contributed by atoms with Gasteiger partial charge in [0.05, 0.1) is 19.3 Å². The van der Waals surface area contributed by atoms with Crippen LogP contribution in [0.5, 0.6) is 0 Å². The molecule has 22 heavy (non-hydrogen) atoms. The van der Waals surface area contributed by atoms with Crippen LogP contribution in [-0.2, 0) is 18.3 Å². The predicted octanol–water partition coefficient (Wildman–Crippen LogP) is 2.48. The van der Waals surface area contributed by atoms with E-state index in [9.17, 15) is 0 Å². The monoisotopic (exact) mass is 295 g/mol. The van der Waals surface area contributed by atoms with Crippen molar-refractivity contribution in [3.63, 3.8) is 0 Å². The van der Waals surface area contributed by atoms with E-state index < -0.39 is 0 Å². The van der Waals surface area contributed by atoms with Gasteiger partial charge in [-0.2, -0.15) is 0 Å². The third-order valence-electron chi connectivity index (χ3n) is 4.66. The molecule has 1 fully saturated rings. The lowest BCUT2D eigenvalue weighted by molar-refractivity contribution is -0.0403. The Balaban J connectivity index is 1.61. The Morgan fingerprint density at radius 1 is 1.23 bits per heavy atom. The summed E-state index contributed by atoms with van der Waals surface area (Å²) in [5, 5.41) is 0. The van der Waals surface area contributed by atoms with Crippen molar-refractivity contribution in [2.45, 2.75) is 25.0 Å². The number of ether oxygens (including phenoxy) is 1. The Bertz CT molecular complexity index is 677. The van der Waals surface area contributed by atoms with E-state index in [0.717, 1.165) is 32.0 Å². The van der Waals surface area contributed by atoms with Crippen LogP contribution in [0.4, 0.5) is 0 Å². The first kappa shape index (κ1) is 13.7. The SMILES string of the molecule is Cn1ccnc1C1=CC2COCC(C1)N2Cc1ccccc1. The first-order chi connectivity index (χ1) is 10.8. The molecule has 0 aliphatic carbocycles. The maximum Gasteiger partial charge on any atom is 0.135 e. The van der Waals surface area contributed by atoms with Crippen molar-refractivity contribution in [3.8, 4) is 0 Å². The van der Waals surface area contributed by atoms with Gasteiger partial charge in [0.1, 0.15) is 5.82 Å². The minimum absolute atomic E-state index is 0.347. The van der Waals surface area contributed by atoms with E-state index in [0.29, 0.717) is 12.1 Å². The molecule has 114 valence electrons. The number of fused-ring (bicyclic) bond motifs is 2. The van der Waals surface area contributed by atoms with Crippen molar-refractivity contribution in [3.05, 3.63) is 60.2 Å². The smallest absolute Gasteiger partial charge is 0.135 e. The van der Waals surface area contributed by atoms with E-state index in [2.05, 4.69) is 57.9 Å².